The lowest BCUT2D eigenvalue weighted by Crippen LogP contribution is -2.48. The van der Waals surface area contributed by atoms with Gasteiger partial charge >= 0.3 is 5.13 Å². The molecule has 1 aliphatic heterocycles. The zero-order valence-corrected chi connectivity index (χ0v) is 7.94. The van der Waals surface area contributed by atoms with E-state index in [0.29, 0.717) is 11.7 Å². The van der Waals surface area contributed by atoms with Crippen LogP contribution in [0.15, 0.2) is 5.51 Å². The highest BCUT2D eigenvalue weighted by Gasteiger charge is 2.40. The molecular weight excluding hydrogens is 192 g/mol. The first kappa shape index (κ1) is 8.97. The zero-order valence-electron chi connectivity index (χ0n) is 7.12. The summed E-state index contributed by atoms with van der Waals surface area (Å²) in [6.07, 6.45) is -0.946. The van der Waals surface area contributed by atoms with Gasteiger partial charge in [0, 0.05) is 0 Å². The molecule has 1 fully saturated rings. The highest BCUT2D eigenvalue weighted by Crippen LogP contribution is 2.29. The molecule has 2 unspecified atom stereocenters. The predicted octanol–water partition coefficient (Wildman–Crippen LogP) is -0.435. The van der Waals surface area contributed by atoms with Crippen molar-refractivity contribution in [2.75, 3.05) is 20.3 Å². The average Bonchev–Trinajstić information content (AvgIpc) is 2.61. The molecular formula is C6H10N4O2S. The molecule has 0 aliphatic carbocycles. The maximum Gasteiger partial charge on any atom is 0.309 e. The highest BCUT2D eigenvalue weighted by molar-refractivity contribution is 7.13. The van der Waals surface area contributed by atoms with E-state index in [0.717, 1.165) is 0 Å². The van der Waals surface area contributed by atoms with Crippen molar-refractivity contribution < 1.29 is 5.11 Å². The zero-order chi connectivity index (χ0) is 9.47. The Balaban J connectivity index is 2.31. The Morgan fingerprint density at radius 1 is 1.85 bits per heavy atom. The number of quaternary nitrogens is 1. The molecule has 1 saturated heterocycles. The summed E-state index contributed by atoms with van der Waals surface area (Å²) in [4.78, 5) is 1.78. The Hall–Kier alpha value is -0.600. The van der Waals surface area contributed by atoms with E-state index in [9.17, 15) is 10.3 Å². The number of aromatic nitrogens is 2. The van der Waals surface area contributed by atoms with Crippen molar-refractivity contribution in [1.82, 2.24) is 19.7 Å². The number of rotatable bonds is 1. The van der Waals surface area contributed by atoms with E-state index >= 15 is 0 Å². The fraction of sp³-hybridized carbons (Fsp3) is 0.667. The fourth-order valence-corrected chi connectivity index (χ4v) is 2.08. The van der Waals surface area contributed by atoms with Gasteiger partial charge in [-0.25, -0.2) is 0 Å². The molecule has 0 amide bonds. The standard InChI is InChI=1S/C6H10N4O2S/c1-9-2-5(11)10(12,4-9)6-8-7-3-13-6/h3,5,11H,2,4H2,1H3. The van der Waals surface area contributed by atoms with E-state index in [1.807, 2.05) is 0 Å². The summed E-state index contributed by atoms with van der Waals surface area (Å²) in [5.41, 5.74) is 1.50. The lowest BCUT2D eigenvalue weighted by molar-refractivity contribution is 0.0844. The van der Waals surface area contributed by atoms with Gasteiger partial charge in [0.05, 0.1) is 6.54 Å². The van der Waals surface area contributed by atoms with Crippen LogP contribution in [0, 0.1) is 5.21 Å². The van der Waals surface area contributed by atoms with Crippen molar-refractivity contribution >= 4 is 16.5 Å². The third-order valence-corrected chi connectivity index (χ3v) is 2.88. The summed E-state index contributed by atoms with van der Waals surface area (Å²) < 4.78 is -0.791. The molecule has 0 aromatic carbocycles. The average molecular weight is 202 g/mol. The summed E-state index contributed by atoms with van der Waals surface area (Å²) in [5.74, 6) is 0. The maximum absolute atomic E-state index is 12.1. The van der Waals surface area contributed by atoms with Crippen molar-refractivity contribution in [3.63, 3.8) is 0 Å². The molecule has 0 spiro atoms. The van der Waals surface area contributed by atoms with Crippen LogP contribution in [0.2, 0.25) is 0 Å². The molecule has 1 aromatic heterocycles. The lowest BCUT2D eigenvalue weighted by Gasteiger charge is -2.36. The van der Waals surface area contributed by atoms with E-state index in [-0.39, 0.29) is 6.67 Å². The van der Waals surface area contributed by atoms with Gasteiger partial charge in [0.2, 0.25) is 6.23 Å². The second kappa shape index (κ2) is 2.96. The minimum atomic E-state index is -0.946. The first-order chi connectivity index (χ1) is 6.13. The number of hydrogen-bond donors (Lipinski definition) is 1. The van der Waals surface area contributed by atoms with Crippen LogP contribution in [0.4, 0.5) is 5.13 Å². The van der Waals surface area contributed by atoms with Crippen molar-refractivity contribution in [2.45, 2.75) is 6.23 Å². The van der Waals surface area contributed by atoms with Gasteiger partial charge in [-0.2, -0.15) is 0 Å². The van der Waals surface area contributed by atoms with Gasteiger partial charge in [-0.3, -0.25) is 9.55 Å². The molecule has 7 heteroatoms. The van der Waals surface area contributed by atoms with E-state index < -0.39 is 10.9 Å². The molecule has 1 aromatic rings. The van der Waals surface area contributed by atoms with Crippen LogP contribution in [0.5, 0.6) is 0 Å². The number of hydrogen-bond acceptors (Lipinski definition) is 6. The van der Waals surface area contributed by atoms with Crippen molar-refractivity contribution in [2.24, 2.45) is 0 Å². The van der Waals surface area contributed by atoms with Crippen molar-refractivity contribution in [3.8, 4) is 0 Å². The third-order valence-electron chi connectivity index (χ3n) is 2.08. The molecule has 2 rings (SSSR count). The van der Waals surface area contributed by atoms with Crippen LogP contribution < -0.4 is 4.65 Å². The lowest BCUT2D eigenvalue weighted by atomic mass is 10.5. The van der Waals surface area contributed by atoms with E-state index in [1.54, 1.807) is 11.9 Å². The second-order valence-corrected chi connectivity index (χ2v) is 3.99. The highest BCUT2D eigenvalue weighted by atomic mass is 32.1. The summed E-state index contributed by atoms with van der Waals surface area (Å²) in [6, 6.07) is 0. The Labute approximate surface area is 79.2 Å². The number of β-amino-alcohol motifs (C(OH)–C–C–N with tert-alkyl or cyclic N) is 1. The van der Waals surface area contributed by atoms with Crippen molar-refractivity contribution in [1.29, 1.82) is 0 Å². The minimum Gasteiger partial charge on any atom is -0.623 e. The van der Waals surface area contributed by atoms with Crippen LogP contribution in [0.3, 0.4) is 0 Å². The van der Waals surface area contributed by atoms with E-state index in [4.69, 9.17) is 0 Å². The van der Waals surface area contributed by atoms with Crippen LogP contribution in [-0.4, -0.2) is 46.7 Å². The molecule has 1 N–H and O–H groups in total. The first-order valence-corrected chi connectivity index (χ1v) is 4.73. The van der Waals surface area contributed by atoms with E-state index in [1.165, 1.54) is 16.8 Å². The molecule has 2 atom stereocenters. The number of nitrogens with zero attached hydrogens (tertiary/aromatic N) is 4. The molecule has 0 bridgehead atoms. The fourth-order valence-electron chi connectivity index (χ4n) is 1.44. The Kier molecular flexibility index (Phi) is 2.05. The van der Waals surface area contributed by atoms with Gasteiger partial charge in [0.25, 0.3) is 0 Å². The second-order valence-electron chi connectivity index (χ2n) is 3.18. The molecule has 2 heterocycles. The molecule has 1 aliphatic rings. The van der Waals surface area contributed by atoms with Crippen LogP contribution in [0.25, 0.3) is 0 Å². The Morgan fingerprint density at radius 2 is 2.62 bits per heavy atom. The summed E-state index contributed by atoms with van der Waals surface area (Å²) in [7, 11) is 1.79. The van der Waals surface area contributed by atoms with Crippen LogP contribution in [0.1, 0.15) is 0 Å². The van der Waals surface area contributed by atoms with Gasteiger partial charge in [-0.15, -0.1) is 5.10 Å². The van der Waals surface area contributed by atoms with Gasteiger partial charge < -0.3 is 10.3 Å². The molecule has 13 heavy (non-hydrogen) atoms. The normalized spacial score (nSPS) is 35.5. The smallest absolute Gasteiger partial charge is 0.309 e. The van der Waals surface area contributed by atoms with Crippen LogP contribution >= 0.6 is 11.3 Å². The quantitative estimate of drug-likeness (QED) is 0.494. The van der Waals surface area contributed by atoms with Crippen LogP contribution in [-0.2, 0) is 0 Å². The Bertz CT molecular complexity index is 293. The molecule has 0 saturated carbocycles. The van der Waals surface area contributed by atoms with E-state index in [2.05, 4.69) is 10.2 Å². The molecule has 0 radical (unpaired) electrons. The molecule has 6 nitrogen and oxygen atoms in total. The molecule has 72 valence electrons. The van der Waals surface area contributed by atoms with Gasteiger partial charge in [-0.1, -0.05) is 5.10 Å². The minimum absolute atomic E-state index is 0.232. The topological polar surface area (TPSA) is 72.3 Å². The first-order valence-electron chi connectivity index (χ1n) is 3.85. The van der Waals surface area contributed by atoms with Crippen molar-refractivity contribution in [3.05, 3.63) is 10.7 Å². The third kappa shape index (κ3) is 1.34. The number of hydroxylamine groups is 2. The van der Waals surface area contributed by atoms with Gasteiger partial charge in [-0.05, 0) is 18.4 Å². The summed E-state index contributed by atoms with van der Waals surface area (Å²) in [5, 5.41) is 29.2. The number of aliphatic hydroxyl groups is 1. The summed E-state index contributed by atoms with van der Waals surface area (Å²) >= 11 is 1.18. The maximum atomic E-state index is 12.1. The predicted molar refractivity (Wildman–Crippen MR) is 48.6 cm³/mol. The summed E-state index contributed by atoms with van der Waals surface area (Å²) in [6.45, 7) is 0.611. The monoisotopic (exact) mass is 202 g/mol. The van der Waals surface area contributed by atoms with Gasteiger partial charge in [0.15, 0.2) is 0 Å². The number of aliphatic hydroxyl groups excluding tert-OH is 1. The van der Waals surface area contributed by atoms with Gasteiger partial charge in [0.1, 0.15) is 12.2 Å². The Morgan fingerprint density at radius 3 is 3.08 bits per heavy atom. The SMILES string of the molecule is CN1CC(O)[N+]([O-])(c2nncs2)C1. The number of likely N-dealkylation sites (N-methyl/N-ethyl adjacent to an activating group) is 1. The largest absolute Gasteiger partial charge is 0.623 e.